The fourth-order valence-corrected chi connectivity index (χ4v) is 7.44. The molecule has 5 rings (SSSR count). The van der Waals surface area contributed by atoms with Crippen LogP contribution < -0.4 is 5.32 Å². The summed E-state index contributed by atoms with van der Waals surface area (Å²) in [6.07, 6.45) is 8.41. The Kier molecular flexibility index (Phi) is 7.21. The summed E-state index contributed by atoms with van der Waals surface area (Å²) < 4.78 is 37.9. The third-order valence-electron chi connectivity index (χ3n) is 8.70. The molecule has 2 aliphatic rings. The van der Waals surface area contributed by atoms with Crippen molar-refractivity contribution < 1.29 is 17.0 Å². The Morgan fingerprint density at radius 3 is 2.63 bits per heavy atom. The zero-order chi connectivity index (χ0) is 27.3. The van der Waals surface area contributed by atoms with Crippen LogP contribution in [-0.2, 0) is 25.1 Å². The number of anilines is 1. The van der Waals surface area contributed by atoms with Crippen molar-refractivity contribution in [2.24, 2.45) is 5.92 Å². The molecule has 4 atom stereocenters. The molecule has 0 spiro atoms. The number of fused-ring (bicyclic) bond motifs is 2. The standard InChI is InChI=1S/C28H40N4O4SSi/c1-28(2,3)38(5,6)36-25-16-21(15-20(25)17-35-37(4,33)34)32-14-13-23-26(29-18-30-27(23)32)31-24-12-11-19-9-7-8-10-22(19)24/h7-10,13-14,18,20-21,24-25H,11-12,15-17H2,1-6H3,(H,29,30,31)/t20-,21+,24-,25-/m0/s1. The average molecular weight is 557 g/mol. The maximum Gasteiger partial charge on any atom is 0.264 e. The minimum absolute atomic E-state index is 0.0178. The predicted octanol–water partition coefficient (Wildman–Crippen LogP) is 5.85. The summed E-state index contributed by atoms with van der Waals surface area (Å²) in [5.74, 6) is 0.829. The van der Waals surface area contributed by atoms with Gasteiger partial charge in [-0.1, -0.05) is 45.0 Å². The van der Waals surface area contributed by atoms with Gasteiger partial charge in [0.05, 0.1) is 30.4 Å². The second-order valence-electron chi connectivity index (χ2n) is 12.4. The average Bonchev–Trinajstić information content (AvgIpc) is 3.54. The lowest BCUT2D eigenvalue weighted by molar-refractivity contribution is 0.108. The summed E-state index contributed by atoms with van der Waals surface area (Å²) >= 11 is 0. The number of rotatable bonds is 8. The van der Waals surface area contributed by atoms with Gasteiger partial charge in [0.2, 0.25) is 0 Å². The first-order chi connectivity index (χ1) is 17.8. The maximum atomic E-state index is 11.8. The van der Waals surface area contributed by atoms with Crippen LogP contribution in [0.1, 0.15) is 63.2 Å². The van der Waals surface area contributed by atoms with E-state index in [1.165, 1.54) is 11.1 Å². The lowest BCUT2D eigenvalue weighted by Crippen LogP contribution is -2.45. The van der Waals surface area contributed by atoms with Crippen LogP contribution in [0.15, 0.2) is 42.9 Å². The molecule has 1 saturated carbocycles. The normalized spacial score (nSPS) is 24.2. The molecule has 10 heteroatoms. The van der Waals surface area contributed by atoms with Crippen molar-refractivity contribution in [2.75, 3.05) is 18.2 Å². The van der Waals surface area contributed by atoms with Gasteiger partial charge in [0.15, 0.2) is 8.32 Å². The van der Waals surface area contributed by atoms with Crippen LogP contribution in [0.5, 0.6) is 0 Å². The topological polar surface area (TPSA) is 95.3 Å². The highest BCUT2D eigenvalue weighted by Crippen LogP contribution is 2.45. The molecule has 2 aliphatic carbocycles. The number of hydrogen-bond donors (Lipinski definition) is 1. The maximum absolute atomic E-state index is 11.8. The van der Waals surface area contributed by atoms with Gasteiger partial charge < -0.3 is 14.3 Å². The third-order valence-corrected chi connectivity index (χ3v) is 13.8. The van der Waals surface area contributed by atoms with Gasteiger partial charge in [0, 0.05) is 18.2 Å². The molecular weight excluding hydrogens is 516 g/mol. The van der Waals surface area contributed by atoms with E-state index in [9.17, 15) is 8.42 Å². The molecule has 1 aromatic carbocycles. The first kappa shape index (κ1) is 27.3. The van der Waals surface area contributed by atoms with E-state index in [-0.39, 0.29) is 35.8 Å². The molecule has 0 bridgehead atoms. The van der Waals surface area contributed by atoms with Gasteiger partial charge in [-0.15, -0.1) is 0 Å². The van der Waals surface area contributed by atoms with Crippen molar-refractivity contribution in [2.45, 2.75) is 82.8 Å². The first-order valence-corrected chi connectivity index (χ1v) is 18.2. The van der Waals surface area contributed by atoms with Crippen molar-refractivity contribution in [1.29, 1.82) is 0 Å². The largest absolute Gasteiger partial charge is 0.413 e. The Labute approximate surface area is 227 Å². The number of hydrogen-bond acceptors (Lipinski definition) is 7. The van der Waals surface area contributed by atoms with Crippen molar-refractivity contribution >= 4 is 35.3 Å². The molecule has 3 aromatic rings. The van der Waals surface area contributed by atoms with Gasteiger partial charge in [-0.2, -0.15) is 8.42 Å². The van der Waals surface area contributed by atoms with Crippen LogP contribution in [0.3, 0.4) is 0 Å². The molecule has 8 nitrogen and oxygen atoms in total. The highest BCUT2D eigenvalue weighted by molar-refractivity contribution is 7.85. The van der Waals surface area contributed by atoms with E-state index in [4.69, 9.17) is 8.61 Å². The zero-order valence-electron chi connectivity index (χ0n) is 23.3. The van der Waals surface area contributed by atoms with E-state index in [1.807, 2.05) is 0 Å². The fraction of sp³-hybridized carbons (Fsp3) is 0.571. The van der Waals surface area contributed by atoms with E-state index in [2.05, 4.69) is 90.2 Å². The minimum Gasteiger partial charge on any atom is -0.413 e. The van der Waals surface area contributed by atoms with Crippen molar-refractivity contribution in [1.82, 2.24) is 14.5 Å². The molecule has 38 heavy (non-hydrogen) atoms. The SMILES string of the molecule is CC(C)(C)[Si](C)(C)O[C@H]1C[C@H](n2ccc3c(N[C@H]4CCc5ccccc54)ncnc32)C[C@H]1COS(C)(=O)=O. The van der Waals surface area contributed by atoms with Gasteiger partial charge in [0.25, 0.3) is 10.1 Å². The molecule has 0 radical (unpaired) electrons. The highest BCUT2D eigenvalue weighted by atomic mass is 32.2. The Balaban J connectivity index is 1.40. The predicted molar refractivity (Wildman–Crippen MR) is 153 cm³/mol. The number of aromatic nitrogens is 3. The van der Waals surface area contributed by atoms with Crippen LogP contribution in [-0.4, -0.2) is 50.2 Å². The number of nitrogens with zero attached hydrogens (tertiary/aromatic N) is 3. The third kappa shape index (κ3) is 5.54. The quantitative estimate of drug-likeness (QED) is 0.275. The second kappa shape index (κ2) is 10.0. The molecule has 206 valence electrons. The van der Waals surface area contributed by atoms with Crippen LogP contribution >= 0.6 is 0 Å². The molecular formula is C28H40N4O4SSi. The van der Waals surface area contributed by atoms with Gasteiger partial charge >= 0.3 is 0 Å². The summed E-state index contributed by atoms with van der Waals surface area (Å²) in [6, 6.07) is 11.0. The fourth-order valence-electron chi connectivity index (χ4n) is 5.62. The van der Waals surface area contributed by atoms with E-state index < -0.39 is 18.4 Å². The van der Waals surface area contributed by atoms with Crippen molar-refractivity contribution in [3.05, 3.63) is 54.0 Å². The lowest BCUT2D eigenvalue weighted by atomic mass is 10.1. The Morgan fingerprint density at radius 2 is 1.89 bits per heavy atom. The molecule has 0 unspecified atom stereocenters. The van der Waals surface area contributed by atoms with Crippen LogP contribution in [0.25, 0.3) is 11.0 Å². The van der Waals surface area contributed by atoms with E-state index in [0.29, 0.717) is 0 Å². The van der Waals surface area contributed by atoms with Crippen molar-refractivity contribution in [3.8, 4) is 0 Å². The first-order valence-electron chi connectivity index (χ1n) is 13.5. The van der Waals surface area contributed by atoms with E-state index in [1.54, 1.807) is 6.33 Å². The van der Waals surface area contributed by atoms with Crippen LogP contribution in [0.4, 0.5) is 5.82 Å². The van der Waals surface area contributed by atoms with Crippen LogP contribution in [0, 0.1) is 5.92 Å². The molecule has 0 aliphatic heterocycles. The molecule has 0 saturated heterocycles. The lowest BCUT2D eigenvalue weighted by Gasteiger charge is -2.39. The number of nitrogens with one attached hydrogen (secondary N) is 1. The summed E-state index contributed by atoms with van der Waals surface area (Å²) in [7, 11) is -5.59. The Bertz CT molecular complexity index is 1420. The van der Waals surface area contributed by atoms with Gasteiger partial charge in [-0.3, -0.25) is 4.18 Å². The smallest absolute Gasteiger partial charge is 0.264 e. The van der Waals surface area contributed by atoms with Crippen LogP contribution in [0.2, 0.25) is 18.1 Å². The van der Waals surface area contributed by atoms with Crippen molar-refractivity contribution in [3.63, 3.8) is 0 Å². The molecule has 1 fully saturated rings. The number of aryl methyl sites for hydroxylation is 1. The Hall–Kier alpha value is -2.27. The molecule has 1 N–H and O–H groups in total. The molecule has 2 aromatic heterocycles. The summed E-state index contributed by atoms with van der Waals surface area (Å²) in [4.78, 5) is 9.27. The molecule has 0 amide bonds. The summed E-state index contributed by atoms with van der Waals surface area (Å²) in [5, 5.41) is 4.73. The monoisotopic (exact) mass is 556 g/mol. The summed E-state index contributed by atoms with van der Waals surface area (Å²) in [6.45, 7) is 11.3. The Morgan fingerprint density at radius 1 is 1.13 bits per heavy atom. The van der Waals surface area contributed by atoms with Gasteiger partial charge in [-0.25, -0.2) is 9.97 Å². The minimum atomic E-state index is -3.53. The zero-order valence-corrected chi connectivity index (χ0v) is 25.1. The van der Waals surface area contributed by atoms with Gasteiger partial charge in [-0.05, 0) is 61.0 Å². The van der Waals surface area contributed by atoms with E-state index >= 15 is 0 Å². The molecule has 2 heterocycles. The second-order valence-corrected chi connectivity index (χ2v) is 18.8. The highest BCUT2D eigenvalue weighted by Gasteiger charge is 2.45. The summed E-state index contributed by atoms with van der Waals surface area (Å²) in [5.41, 5.74) is 3.62. The van der Waals surface area contributed by atoms with Gasteiger partial charge in [0.1, 0.15) is 17.8 Å². The number of benzene rings is 1. The van der Waals surface area contributed by atoms with E-state index in [0.717, 1.165) is 48.8 Å².